The Morgan fingerprint density at radius 1 is 1.29 bits per heavy atom. The molecule has 4 heteroatoms. The highest BCUT2D eigenvalue weighted by Crippen LogP contribution is 2.41. The zero-order valence-electron chi connectivity index (χ0n) is 13.9. The zero-order valence-corrected chi connectivity index (χ0v) is 13.9. The molecule has 0 radical (unpaired) electrons. The first-order chi connectivity index (χ1) is 11.7. The van der Waals surface area contributed by atoms with Crippen LogP contribution >= 0.6 is 0 Å². The van der Waals surface area contributed by atoms with E-state index in [-0.39, 0.29) is 5.75 Å². The molecule has 124 valence electrons. The fourth-order valence-corrected chi connectivity index (χ4v) is 3.07. The number of benzene rings is 1. The van der Waals surface area contributed by atoms with E-state index in [1.54, 1.807) is 0 Å². The van der Waals surface area contributed by atoms with Crippen LogP contribution in [0, 0.1) is 0 Å². The van der Waals surface area contributed by atoms with Crippen LogP contribution in [0.25, 0.3) is 11.3 Å². The molecule has 3 rings (SSSR count). The van der Waals surface area contributed by atoms with Crippen LogP contribution in [0.4, 0.5) is 0 Å². The van der Waals surface area contributed by atoms with Crippen LogP contribution in [0.15, 0.2) is 54.6 Å². The maximum absolute atomic E-state index is 11.9. The van der Waals surface area contributed by atoms with E-state index in [9.17, 15) is 9.90 Å². The van der Waals surface area contributed by atoms with Crippen molar-refractivity contribution < 1.29 is 9.90 Å². The van der Waals surface area contributed by atoms with Gasteiger partial charge in [0, 0.05) is 12.1 Å². The third-order valence-electron chi connectivity index (χ3n) is 4.45. The lowest BCUT2D eigenvalue weighted by Crippen LogP contribution is -2.27. The van der Waals surface area contributed by atoms with Gasteiger partial charge in [0.1, 0.15) is 17.7 Å². The van der Waals surface area contributed by atoms with Crippen molar-refractivity contribution >= 4 is 6.29 Å². The van der Waals surface area contributed by atoms with Gasteiger partial charge in [-0.25, -0.2) is 0 Å². The Labute approximate surface area is 142 Å². The lowest BCUT2D eigenvalue weighted by Gasteiger charge is -2.22. The molecule has 24 heavy (non-hydrogen) atoms. The molecule has 0 spiro atoms. The van der Waals surface area contributed by atoms with Crippen molar-refractivity contribution in [1.29, 1.82) is 0 Å². The van der Waals surface area contributed by atoms with Crippen LogP contribution in [0.1, 0.15) is 31.9 Å². The molecule has 1 aliphatic rings. The molecule has 1 aromatic heterocycles. The number of nitrogens with zero attached hydrogens (tertiary/aromatic N) is 2. The summed E-state index contributed by atoms with van der Waals surface area (Å²) in [6, 6.07) is 9.71. The first-order valence-electron chi connectivity index (χ1n) is 8.38. The average molecular weight is 322 g/mol. The summed E-state index contributed by atoms with van der Waals surface area (Å²) in [4.78, 5) is 11.9. The molecule has 0 aliphatic heterocycles. The molecule has 0 bridgehead atoms. The highest BCUT2D eigenvalue weighted by Gasteiger charge is 2.37. The minimum atomic E-state index is -0.889. The van der Waals surface area contributed by atoms with E-state index in [1.807, 2.05) is 59.3 Å². The monoisotopic (exact) mass is 322 g/mol. The van der Waals surface area contributed by atoms with Gasteiger partial charge in [-0.3, -0.25) is 4.68 Å². The molecule has 1 unspecified atom stereocenters. The topological polar surface area (TPSA) is 55.1 Å². The molecule has 0 saturated carbocycles. The summed E-state index contributed by atoms with van der Waals surface area (Å²) in [5.41, 5.74) is 1.14. The summed E-state index contributed by atoms with van der Waals surface area (Å²) in [6.07, 6.45) is 10.9. The van der Waals surface area contributed by atoms with Crippen LogP contribution in [0.5, 0.6) is 5.75 Å². The van der Waals surface area contributed by atoms with E-state index in [1.165, 1.54) is 0 Å². The second-order valence-corrected chi connectivity index (χ2v) is 6.14. The van der Waals surface area contributed by atoms with Gasteiger partial charge in [0.2, 0.25) is 0 Å². The Hall–Kier alpha value is -2.62. The number of aromatic nitrogens is 2. The van der Waals surface area contributed by atoms with Crippen molar-refractivity contribution in [3.63, 3.8) is 0 Å². The zero-order chi connectivity index (χ0) is 17.0. The van der Waals surface area contributed by atoms with Gasteiger partial charge in [-0.15, -0.1) is 0 Å². The van der Waals surface area contributed by atoms with Gasteiger partial charge in [0.05, 0.1) is 5.41 Å². The molecule has 0 fully saturated rings. The fourth-order valence-electron chi connectivity index (χ4n) is 3.07. The highest BCUT2D eigenvalue weighted by atomic mass is 16.3. The number of hydrogen-bond acceptors (Lipinski definition) is 3. The van der Waals surface area contributed by atoms with Gasteiger partial charge in [0.15, 0.2) is 5.75 Å². The van der Waals surface area contributed by atoms with Crippen molar-refractivity contribution in [2.45, 2.75) is 38.1 Å². The maximum Gasteiger partial charge on any atom is 0.166 e. The van der Waals surface area contributed by atoms with Crippen LogP contribution in [0.3, 0.4) is 0 Å². The lowest BCUT2D eigenvalue weighted by molar-refractivity contribution is -0.111. The number of carbonyl (C=O) groups excluding carboxylic acids is 1. The average Bonchev–Trinajstić information content (AvgIpc) is 2.98. The van der Waals surface area contributed by atoms with E-state index in [0.717, 1.165) is 24.7 Å². The van der Waals surface area contributed by atoms with Crippen molar-refractivity contribution in [2.75, 3.05) is 0 Å². The molecule has 1 N–H and O–H groups in total. The minimum absolute atomic E-state index is 0.101. The summed E-state index contributed by atoms with van der Waals surface area (Å²) in [6.45, 7) is 2.83. The summed E-state index contributed by atoms with van der Waals surface area (Å²) < 4.78 is 1.83. The number of aldehydes is 1. The fraction of sp³-hybridized carbons (Fsp3) is 0.300. The van der Waals surface area contributed by atoms with Gasteiger partial charge in [-0.05, 0) is 12.8 Å². The molecule has 2 aromatic rings. The van der Waals surface area contributed by atoms with Gasteiger partial charge < -0.3 is 9.90 Å². The number of aryl methyl sites for hydroxylation is 1. The van der Waals surface area contributed by atoms with Crippen LogP contribution in [0.2, 0.25) is 0 Å². The van der Waals surface area contributed by atoms with Crippen molar-refractivity contribution in [3.05, 3.63) is 60.3 Å². The molecule has 1 atom stereocenters. The van der Waals surface area contributed by atoms with Gasteiger partial charge in [-0.1, -0.05) is 68.0 Å². The summed E-state index contributed by atoms with van der Waals surface area (Å²) >= 11 is 0. The number of unbranched alkanes of at least 4 members (excludes halogenated alkanes) is 1. The Kier molecular flexibility index (Phi) is 4.65. The van der Waals surface area contributed by atoms with E-state index in [2.05, 4.69) is 12.0 Å². The predicted octanol–water partition coefficient (Wildman–Crippen LogP) is 4.01. The van der Waals surface area contributed by atoms with Gasteiger partial charge >= 0.3 is 0 Å². The Morgan fingerprint density at radius 2 is 2.08 bits per heavy atom. The Balaban J connectivity index is 2.15. The van der Waals surface area contributed by atoms with E-state index in [0.29, 0.717) is 24.4 Å². The van der Waals surface area contributed by atoms with Crippen LogP contribution in [-0.2, 0) is 16.8 Å². The normalized spacial score (nSPS) is 19.5. The van der Waals surface area contributed by atoms with Crippen molar-refractivity contribution in [2.24, 2.45) is 0 Å². The second kappa shape index (κ2) is 6.87. The standard InChI is InChI=1S/C20H22N2O2/c1-2-3-14-22-17(16-10-6-4-7-11-16)18(24)19(21-22)20(15-23)12-8-5-9-13-20/h4-12,15,24H,2-3,13-14H2,1H3. The number of carbonyl (C=O) groups is 1. The molecule has 1 heterocycles. The largest absolute Gasteiger partial charge is 0.504 e. The molecule has 0 saturated heterocycles. The second-order valence-electron chi connectivity index (χ2n) is 6.14. The first-order valence-corrected chi connectivity index (χ1v) is 8.38. The lowest BCUT2D eigenvalue weighted by atomic mass is 9.79. The Bertz CT molecular complexity index is 774. The van der Waals surface area contributed by atoms with E-state index < -0.39 is 5.41 Å². The van der Waals surface area contributed by atoms with Crippen molar-refractivity contribution in [3.8, 4) is 17.0 Å². The Morgan fingerprint density at radius 3 is 2.71 bits per heavy atom. The van der Waals surface area contributed by atoms with Crippen LogP contribution in [-0.4, -0.2) is 21.2 Å². The molecular weight excluding hydrogens is 300 g/mol. The SMILES string of the molecule is CCCCn1nc(C2(C=O)C=CC=CC2)c(O)c1-c1ccccc1. The smallest absolute Gasteiger partial charge is 0.166 e. The number of allylic oxidation sites excluding steroid dienone is 4. The first kappa shape index (κ1) is 16.2. The quantitative estimate of drug-likeness (QED) is 0.818. The third kappa shape index (κ3) is 2.80. The summed E-state index contributed by atoms with van der Waals surface area (Å²) in [5, 5.41) is 15.6. The summed E-state index contributed by atoms with van der Waals surface area (Å²) in [5.74, 6) is 0.101. The number of rotatable bonds is 6. The number of aromatic hydroxyl groups is 1. The molecular formula is C20H22N2O2. The number of hydrogen-bond donors (Lipinski definition) is 1. The van der Waals surface area contributed by atoms with E-state index >= 15 is 0 Å². The molecule has 1 aromatic carbocycles. The van der Waals surface area contributed by atoms with Crippen LogP contribution < -0.4 is 0 Å². The molecule has 0 amide bonds. The maximum atomic E-state index is 11.9. The summed E-state index contributed by atoms with van der Waals surface area (Å²) in [7, 11) is 0. The van der Waals surface area contributed by atoms with E-state index in [4.69, 9.17) is 0 Å². The molecule has 4 nitrogen and oxygen atoms in total. The predicted molar refractivity (Wildman–Crippen MR) is 94.9 cm³/mol. The molecule has 1 aliphatic carbocycles. The third-order valence-corrected chi connectivity index (χ3v) is 4.45. The van der Waals surface area contributed by atoms with Gasteiger partial charge in [-0.2, -0.15) is 5.10 Å². The highest BCUT2D eigenvalue weighted by molar-refractivity contribution is 5.78. The van der Waals surface area contributed by atoms with Gasteiger partial charge in [0.25, 0.3) is 0 Å². The minimum Gasteiger partial charge on any atom is -0.504 e. The van der Waals surface area contributed by atoms with Crippen molar-refractivity contribution in [1.82, 2.24) is 9.78 Å².